The fourth-order valence-corrected chi connectivity index (χ4v) is 2.67. The third-order valence-electron chi connectivity index (χ3n) is 3.25. The van der Waals surface area contributed by atoms with Crippen LogP contribution in [0.4, 0.5) is 0 Å². The number of aliphatic hydroxyl groups is 1. The van der Waals surface area contributed by atoms with E-state index in [2.05, 4.69) is 13.8 Å². The van der Waals surface area contributed by atoms with Crippen molar-refractivity contribution in [2.45, 2.75) is 38.3 Å². The van der Waals surface area contributed by atoms with Gasteiger partial charge in [0.25, 0.3) is 0 Å². The number of nitrogens with two attached hydrogens (primary N) is 1. The summed E-state index contributed by atoms with van der Waals surface area (Å²) in [5.41, 5.74) is 6.74. The molecule has 84 valence electrons. The topological polar surface area (TPSA) is 51.2 Å². The molecule has 0 saturated heterocycles. The summed E-state index contributed by atoms with van der Waals surface area (Å²) in [6.07, 6.45) is 3.45. The monoisotopic (exact) mass is 228 g/mol. The summed E-state index contributed by atoms with van der Waals surface area (Å²) in [4.78, 5) is 0. The Morgan fingerprint density at radius 2 is 2.33 bits per heavy atom. The predicted octanol–water partition coefficient (Wildman–Crippen LogP) is 1.81. The molecule has 1 aromatic heterocycles. The molecule has 1 aliphatic carbocycles. The molecule has 3 N–H and O–H groups in total. The minimum Gasteiger partial charge on any atom is -0.384 e. The number of nitrogens with zero attached hydrogens (tertiary/aromatic N) is 1. The first-order chi connectivity index (χ1) is 6.99. The van der Waals surface area contributed by atoms with Crippen molar-refractivity contribution in [3.05, 3.63) is 22.5 Å². The summed E-state index contributed by atoms with van der Waals surface area (Å²) in [6, 6.07) is 0.310. The Labute approximate surface area is 94.8 Å². The van der Waals surface area contributed by atoms with Gasteiger partial charge in [-0.1, -0.05) is 11.6 Å². The van der Waals surface area contributed by atoms with Crippen LogP contribution >= 0.6 is 11.6 Å². The van der Waals surface area contributed by atoms with Gasteiger partial charge in [-0.2, -0.15) is 0 Å². The third-order valence-corrected chi connectivity index (χ3v) is 3.68. The van der Waals surface area contributed by atoms with Crippen LogP contribution in [0.1, 0.15) is 37.4 Å². The average molecular weight is 229 g/mol. The van der Waals surface area contributed by atoms with Gasteiger partial charge >= 0.3 is 0 Å². The van der Waals surface area contributed by atoms with E-state index in [-0.39, 0.29) is 6.54 Å². The van der Waals surface area contributed by atoms with Gasteiger partial charge in [0.1, 0.15) is 10.8 Å². The molecule has 1 heterocycles. The highest BCUT2D eigenvalue weighted by molar-refractivity contribution is 6.30. The van der Waals surface area contributed by atoms with Gasteiger partial charge in [-0.25, -0.2) is 0 Å². The first-order valence-corrected chi connectivity index (χ1v) is 5.69. The van der Waals surface area contributed by atoms with E-state index in [9.17, 15) is 5.11 Å². The number of hydrogen-bond donors (Lipinski definition) is 2. The van der Waals surface area contributed by atoms with Crippen molar-refractivity contribution < 1.29 is 5.11 Å². The molecule has 4 heteroatoms. The van der Waals surface area contributed by atoms with Crippen molar-refractivity contribution in [3.63, 3.8) is 0 Å². The Morgan fingerprint density at radius 3 is 2.87 bits per heavy atom. The lowest BCUT2D eigenvalue weighted by Gasteiger charge is -2.20. The smallest absolute Gasteiger partial charge is 0.112 e. The Hall–Kier alpha value is -0.510. The molecule has 1 aromatic rings. The molecule has 15 heavy (non-hydrogen) atoms. The van der Waals surface area contributed by atoms with E-state index in [1.165, 1.54) is 0 Å². The molecule has 1 aliphatic rings. The lowest BCUT2D eigenvalue weighted by Crippen LogP contribution is -2.32. The Morgan fingerprint density at radius 1 is 1.67 bits per heavy atom. The second kappa shape index (κ2) is 3.51. The number of rotatable bonds is 2. The van der Waals surface area contributed by atoms with E-state index in [4.69, 9.17) is 17.3 Å². The lowest BCUT2D eigenvalue weighted by atomic mass is 9.99. The Kier molecular flexibility index (Phi) is 2.57. The molecule has 0 saturated carbocycles. The summed E-state index contributed by atoms with van der Waals surface area (Å²) in [5.74, 6) is 0. The van der Waals surface area contributed by atoms with Crippen LogP contribution in [0.2, 0.25) is 5.15 Å². The third kappa shape index (κ3) is 1.50. The SMILES string of the molecule is CC(C)n1cc2c(c1Cl)CCC2(O)CN. The van der Waals surface area contributed by atoms with E-state index in [1.807, 2.05) is 10.8 Å². The molecule has 1 unspecified atom stereocenters. The van der Waals surface area contributed by atoms with Gasteiger partial charge in [-0.15, -0.1) is 0 Å². The normalized spacial score (nSPS) is 24.9. The lowest BCUT2D eigenvalue weighted by molar-refractivity contribution is 0.0476. The molecule has 0 spiro atoms. The number of halogens is 1. The van der Waals surface area contributed by atoms with Crippen molar-refractivity contribution in [1.82, 2.24) is 4.57 Å². The molecule has 3 nitrogen and oxygen atoms in total. The quantitative estimate of drug-likeness (QED) is 0.811. The number of fused-ring (bicyclic) bond motifs is 1. The summed E-state index contributed by atoms with van der Waals surface area (Å²) in [5, 5.41) is 11.0. The second-order valence-corrected chi connectivity index (χ2v) is 4.91. The van der Waals surface area contributed by atoms with Crippen LogP contribution in [-0.2, 0) is 12.0 Å². The number of aromatic nitrogens is 1. The highest BCUT2D eigenvalue weighted by atomic mass is 35.5. The summed E-state index contributed by atoms with van der Waals surface area (Å²) in [6.45, 7) is 4.41. The highest BCUT2D eigenvalue weighted by Gasteiger charge is 2.38. The van der Waals surface area contributed by atoms with Crippen molar-refractivity contribution in [2.75, 3.05) is 6.54 Å². The van der Waals surface area contributed by atoms with E-state index in [1.54, 1.807) is 0 Å². The van der Waals surface area contributed by atoms with E-state index >= 15 is 0 Å². The summed E-state index contributed by atoms with van der Waals surface area (Å²) in [7, 11) is 0. The maximum absolute atomic E-state index is 10.3. The molecule has 0 aliphatic heterocycles. The van der Waals surface area contributed by atoms with Gasteiger partial charge in [0.2, 0.25) is 0 Å². The van der Waals surface area contributed by atoms with Crippen LogP contribution in [0.15, 0.2) is 6.20 Å². The van der Waals surface area contributed by atoms with Gasteiger partial charge in [-0.3, -0.25) is 0 Å². The molecule has 0 bridgehead atoms. The molecule has 0 amide bonds. The fourth-order valence-electron chi connectivity index (χ4n) is 2.23. The summed E-state index contributed by atoms with van der Waals surface area (Å²) < 4.78 is 1.99. The molecule has 2 rings (SSSR count). The van der Waals surface area contributed by atoms with Gasteiger partial charge in [0.15, 0.2) is 0 Å². The van der Waals surface area contributed by atoms with Gasteiger partial charge in [0.05, 0.1) is 0 Å². The Bertz CT molecular complexity index is 386. The molecular weight excluding hydrogens is 212 g/mol. The van der Waals surface area contributed by atoms with Crippen LogP contribution in [0.5, 0.6) is 0 Å². The molecular formula is C11H17ClN2O. The van der Waals surface area contributed by atoms with Crippen LogP contribution < -0.4 is 5.73 Å². The number of hydrogen-bond acceptors (Lipinski definition) is 2. The predicted molar refractivity (Wildman–Crippen MR) is 61.1 cm³/mol. The highest BCUT2D eigenvalue weighted by Crippen LogP contribution is 2.41. The zero-order valence-corrected chi connectivity index (χ0v) is 9.88. The molecule has 0 aromatic carbocycles. The molecule has 0 radical (unpaired) electrons. The van der Waals surface area contributed by atoms with Gasteiger partial charge in [0, 0.05) is 24.3 Å². The first-order valence-electron chi connectivity index (χ1n) is 5.31. The van der Waals surface area contributed by atoms with Crippen molar-refractivity contribution in [3.8, 4) is 0 Å². The van der Waals surface area contributed by atoms with E-state index < -0.39 is 5.60 Å². The van der Waals surface area contributed by atoms with E-state index in [0.29, 0.717) is 12.5 Å². The first kappa shape index (κ1) is 11.0. The van der Waals surface area contributed by atoms with Crippen LogP contribution in [0.25, 0.3) is 0 Å². The van der Waals surface area contributed by atoms with Gasteiger partial charge < -0.3 is 15.4 Å². The fraction of sp³-hybridized carbons (Fsp3) is 0.636. The van der Waals surface area contributed by atoms with Crippen LogP contribution in [0.3, 0.4) is 0 Å². The van der Waals surface area contributed by atoms with Crippen molar-refractivity contribution in [2.24, 2.45) is 5.73 Å². The average Bonchev–Trinajstić information content (AvgIpc) is 2.68. The molecule has 0 fully saturated rings. The molecule has 1 atom stereocenters. The summed E-state index contributed by atoms with van der Waals surface area (Å²) >= 11 is 6.26. The van der Waals surface area contributed by atoms with E-state index in [0.717, 1.165) is 22.7 Å². The maximum Gasteiger partial charge on any atom is 0.112 e. The van der Waals surface area contributed by atoms with Crippen LogP contribution in [-0.4, -0.2) is 16.2 Å². The largest absolute Gasteiger partial charge is 0.384 e. The zero-order valence-electron chi connectivity index (χ0n) is 9.13. The second-order valence-electron chi connectivity index (χ2n) is 4.55. The van der Waals surface area contributed by atoms with Crippen molar-refractivity contribution in [1.29, 1.82) is 0 Å². The van der Waals surface area contributed by atoms with Crippen LogP contribution in [0, 0.1) is 0 Å². The maximum atomic E-state index is 10.3. The van der Waals surface area contributed by atoms with Crippen molar-refractivity contribution >= 4 is 11.6 Å². The minimum atomic E-state index is -0.862. The standard InChI is InChI=1S/C11H17ClN2O/c1-7(2)14-5-9-8(10(14)12)3-4-11(9,15)6-13/h5,7,15H,3-4,6,13H2,1-2H3. The Balaban J connectivity index is 2.51. The minimum absolute atomic E-state index is 0.262. The van der Waals surface area contributed by atoms with Gasteiger partial charge in [-0.05, 0) is 32.3 Å². The zero-order chi connectivity index (χ0) is 11.2.